The molecule has 112 valence electrons. The number of hydrogen-bond acceptors (Lipinski definition) is 3. The van der Waals surface area contributed by atoms with Crippen molar-refractivity contribution in [3.05, 3.63) is 0 Å². The second kappa shape index (κ2) is 5.70. The number of piperidine rings is 1. The molecule has 0 aromatic carbocycles. The van der Waals surface area contributed by atoms with Crippen LogP contribution in [0.4, 0.5) is 0 Å². The van der Waals surface area contributed by atoms with Crippen LogP contribution in [0.15, 0.2) is 0 Å². The van der Waals surface area contributed by atoms with Crippen LogP contribution in [0.25, 0.3) is 0 Å². The quantitative estimate of drug-likeness (QED) is 0.839. The van der Waals surface area contributed by atoms with Gasteiger partial charge in [-0.05, 0) is 43.6 Å². The minimum Gasteiger partial charge on any atom is -0.314 e. The van der Waals surface area contributed by atoms with Gasteiger partial charge in [-0.1, -0.05) is 20.8 Å². The summed E-state index contributed by atoms with van der Waals surface area (Å²) in [4.78, 5) is 0. The molecule has 1 N–H and O–H groups in total. The van der Waals surface area contributed by atoms with E-state index in [1.165, 1.54) is 12.8 Å². The van der Waals surface area contributed by atoms with Gasteiger partial charge in [0.05, 0.1) is 5.75 Å². The first-order valence-corrected chi connectivity index (χ1v) is 9.08. The van der Waals surface area contributed by atoms with Gasteiger partial charge >= 0.3 is 0 Å². The molecule has 0 radical (unpaired) electrons. The Hall–Kier alpha value is -0.130. The summed E-state index contributed by atoms with van der Waals surface area (Å²) in [7, 11) is -3.07. The molecule has 0 spiro atoms. The van der Waals surface area contributed by atoms with Gasteiger partial charge in [-0.15, -0.1) is 0 Å². The standard InChI is InChI=1S/C14H28N2O2S/c1-14(2,3)11-19(17,18)16-8-6-12(7-9-16)10-15-13-4-5-13/h12-13,15H,4-11H2,1-3H3. The maximum Gasteiger partial charge on any atom is 0.214 e. The van der Waals surface area contributed by atoms with E-state index in [0.29, 0.717) is 19.0 Å². The summed E-state index contributed by atoms with van der Waals surface area (Å²) < 4.78 is 26.3. The number of rotatable bonds is 5. The lowest BCUT2D eigenvalue weighted by molar-refractivity contribution is 0.264. The second-order valence-corrected chi connectivity index (χ2v) is 9.31. The largest absolute Gasteiger partial charge is 0.314 e. The van der Waals surface area contributed by atoms with Crippen molar-refractivity contribution in [2.24, 2.45) is 11.3 Å². The van der Waals surface area contributed by atoms with E-state index in [9.17, 15) is 8.42 Å². The fraction of sp³-hybridized carbons (Fsp3) is 1.00. The third-order valence-corrected chi connectivity index (χ3v) is 6.24. The van der Waals surface area contributed by atoms with Crippen molar-refractivity contribution in [3.63, 3.8) is 0 Å². The molecule has 1 saturated heterocycles. The first-order valence-electron chi connectivity index (χ1n) is 7.47. The van der Waals surface area contributed by atoms with Crippen molar-refractivity contribution in [2.75, 3.05) is 25.4 Å². The summed E-state index contributed by atoms with van der Waals surface area (Å²) in [6.45, 7) is 8.42. The van der Waals surface area contributed by atoms with Crippen LogP contribution in [0, 0.1) is 11.3 Å². The van der Waals surface area contributed by atoms with Crippen molar-refractivity contribution in [2.45, 2.75) is 52.5 Å². The molecule has 0 aromatic rings. The molecule has 1 aliphatic heterocycles. The molecule has 1 aliphatic carbocycles. The fourth-order valence-electron chi connectivity index (χ4n) is 2.65. The van der Waals surface area contributed by atoms with Gasteiger partial charge in [0, 0.05) is 19.1 Å². The van der Waals surface area contributed by atoms with Gasteiger partial charge in [0.1, 0.15) is 0 Å². The van der Waals surface area contributed by atoms with E-state index in [0.717, 1.165) is 25.4 Å². The van der Waals surface area contributed by atoms with Crippen molar-refractivity contribution in [3.8, 4) is 0 Å². The highest BCUT2D eigenvalue weighted by Gasteiger charge is 2.31. The lowest BCUT2D eigenvalue weighted by Crippen LogP contribution is -2.43. The van der Waals surface area contributed by atoms with Gasteiger partial charge in [0.25, 0.3) is 0 Å². The van der Waals surface area contributed by atoms with Gasteiger partial charge < -0.3 is 5.32 Å². The summed E-state index contributed by atoms with van der Waals surface area (Å²) in [6.07, 6.45) is 4.64. The maximum atomic E-state index is 12.3. The van der Waals surface area contributed by atoms with Crippen molar-refractivity contribution in [1.82, 2.24) is 9.62 Å². The van der Waals surface area contributed by atoms with E-state index in [2.05, 4.69) is 5.32 Å². The van der Waals surface area contributed by atoms with E-state index in [-0.39, 0.29) is 11.2 Å². The van der Waals surface area contributed by atoms with Crippen LogP contribution in [0.1, 0.15) is 46.5 Å². The minimum atomic E-state index is -3.07. The Morgan fingerprint density at radius 3 is 2.16 bits per heavy atom. The van der Waals surface area contributed by atoms with Gasteiger partial charge in [-0.3, -0.25) is 0 Å². The van der Waals surface area contributed by atoms with E-state index in [1.54, 1.807) is 4.31 Å². The molecule has 1 heterocycles. The third kappa shape index (κ3) is 5.04. The summed E-state index contributed by atoms with van der Waals surface area (Å²) in [5.74, 6) is 0.909. The van der Waals surface area contributed by atoms with Crippen LogP contribution >= 0.6 is 0 Å². The average molecular weight is 288 g/mol. The Morgan fingerprint density at radius 1 is 1.11 bits per heavy atom. The number of nitrogens with one attached hydrogen (secondary N) is 1. The first kappa shape index (κ1) is 15.3. The van der Waals surface area contributed by atoms with Crippen molar-refractivity contribution < 1.29 is 8.42 Å². The second-order valence-electron chi connectivity index (χ2n) is 7.34. The van der Waals surface area contributed by atoms with Crippen LogP contribution in [-0.4, -0.2) is 44.2 Å². The van der Waals surface area contributed by atoms with Gasteiger partial charge in [-0.25, -0.2) is 12.7 Å². The highest BCUT2D eigenvalue weighted by Crippen LogP contribution is 2.25. The molecule has 19 heavy (non-hydrogen) atoms. The minimum absolute atomic E-state index is 0.163. The Bertz CT molecular complexity index is 388. The molecule has 1 saturated carbocycles. The van der Waals surface area contributed by atoms with Crippen LogP contribution in [-0.2, 0) is 10.0 Å². The summed E-state index contributed by atoms with van der Waals surface area (Å²) in [5.41, 5.74) is -0.163. The normalized spacial score (nSPS) is 23.7. The van der Waals surface area contributed by atoms with Crippen molar-refractivity contribution in [1.29, 1.82) is 0 Å². The Morgan fingerprint density at radius 2 is 1.68 bits per heavy atom. The number of sulfonamides is 1. The molecule has 0 atom stereocenters. The SMILES string of the molecule is CC(C)(C)CS(=O)(=O)N1CCC(CNC2CC2)CC1. The molecule has 2 aliphatic rings. The van der Waals surface area contributed by atoms with E-state index < -0.39 is 10.0 Å². The monoisotopic (exact) mass is 288 g/mol. The predicted octanol–water partition coefficient (Wildman–Crippen LogP) is 1.83. The zero-order valence-electron chi connectivity index (χ0n) is 12.5. The van der Waals surface area contributed by atoms with Crippen LogP contribution in [0.3, 0.4) is 0 Å². The van der Waals surface area contributed by atoms with E-state index >= 15 is 0 Å². The zero-order valence-corrected chi connectivity index (χ0v) is 13.3. The Balaban J connectivity index is 1.78. The molecule has 0 unspecified atom stereocenters. The molecule has 5 heteroatoms. The van der Waals surface area contributed by atoms with Crippen LogP contribution in [0.2, 0.25) is 0 Å². The highest BCUT2D eigenvalue weighted by molar-refractivity contribution is 7.89. The topological polar surface area (TPSA) is 49.4 Å². The molecule has 4 nitrogen and oxygen atoms in total. The average Bonchev–Trinajstić information content (AvgIpc) is 3.07. The number of nitrogens with zero attached hydrogens (tertiary/aromatic N) is 1. The zero-order chi connectivity index (χ0) is 14.1. The summed E-state index contributed by atoms with van der Waals surface area (Å²) in [6, 6.07) is 0.752. The molecule has 0 amide bonds. The van der Waals surface area contributed by atoms with Gasteiger partial charge in [0.2, 0.25) is 10.0 Å². The fourth-order valence-corrected chi connectivity index (χ4v) is 4.69. The lowest BCUT2D eigenvalue weighted by Gasteiger charge is -2.33. The smallest absolute Gasteiger partial charge is 0.214 e. The molecule has 2 rings (SSSR count). The van der Waals surface area contributed by atoms with Gasteiger partial charge in [0.15, 0.2) is 0 Å². The first-order chi connectivity index (χ1) is 8.76. The molecular weight excluding hydrogens is 260 g/mol. The van der Waals surface area contributed by atoms with Crippen molar-refractivity contribution >= 4 is 10.0 Å². The molecular formula is C14H28N2O2S. The molecule has 0 aromatic heterocycles. The Kier molecular flexibility index (Phi) is 4.58. The molecule has 2 fully saturated rings. The van der Waals surface area contributed by atoms with E-state index in [4.69, 9.17) is 0 Å². The molecule has 0 bridgehead atoms. The third-order valence-electron chi connectivity index (χ3n) is 3.85. The van der Waals surface area contributed by atoms with E-state index in [1.807, 2.05) is 20.8 Å². The number of hydrogen-bond donors (Lipinski definition) is 1. The highest BCUT2D eigenvalue weighted by atomic mass is 32.2. The Labute approximate surface area is 118 Å². The lowest BCUT2D eigenvalue weighted by atomic mass is 9.98. The summed E-state index contributed by atoms with van der Waals surface area (Å²) >= 11 is 0. The van der Waals surface area contributed by atoms with Crippen LogP contribution < -0.4 is 5.32 Å². The summed E-state index contributed by atoms with van der Waals surface area (Å²) in [5, 5.41) is 3.55. The van der Waals surface area contributed by atoms with Crippen LogP contribution in [0.5, 0.6) is 0 Å². The predicted molar refractivity (Wildman–Crippen MR) is 78.6 cm³/mol. The van der Waals surface area contributed by atoms with Gasteiger partial charge in [-0.2, -0.15) is 0 Å². The maximum absolute atomic E-state index is 12.3.